The average Bonchev–Trinajstić information content (AvgIpc) is 2.40. The van der Waals surface area contributed by atoms with Crippen molar-refractivity contribution in [2.75, 3.05) is 26.7 Å². The SMILES string of the molecule is CNCCCNC(=O)CCCOc1cccc(Br)c1.Cl. The third-order valence-electron chi connectivity index (χ3n) is 2.54. The Morgan fingerprint density at radius 1 is 1.30 bits per heavy atom. The van der Waals surface area contributed by atoms with Crippen LogP contribution in [0.5, 0.6) is 5.75 Å². The first-order chi connectivity index (χ1) is 9.22. The first kappa shape index (κ1) is 19.2. The van der Waals surface area contributed by atoms with E-state index in [1.54, 1.807) is 0 Å². The highest BCUT2D eigenvalue weighted by Gasteiger charge is 2.01. The number of rotatable bonds is 9. The van der Waals surface area contributed by atoms with Gasteiger partial charge in [-0.3, -0.25) is 4.79 Å². The second-order valence-corrected chi connectivity index (χ2v) is 5.13. The van der Waals surface area contributed by atoms with Crippen LogP contribution in [0, 0.1) is 0 Å². The molecule has 2 N–H and O–H groups in total. The normalized spacial score (nSPS) is 9.70. The van der Waals surface area contributed by atoms with Gasteiger partial charge in [-0.05, 0) is 44.6 Å². The van der Waals surface area contributed by atoms with Gasteiger partial charge in [-0.2, -0.15) is 0 Å². The molecule has 20 heavy (non-hydrogen) atoms. The molecule has 4 nitrogen and oxygen atoms in total. The van der Waals surface area contributed by atoms with Gasteiger partial charge in [0.15, 0.2) is 0 Å². The van der Waals surface area contributed by atoms with Crippen LogP contribution < -0.4 is 15.4 Å². The van der Waals surface area contributed by atoms with Crippen LogP contribution in [-0.2, 0) is 4.79 Å². The molecule has 0 aromatic heterocycles. The summed E-state index contributed by atoms with van der Waals surface area (Å²) >= 11 is 3.39. The Balaban J connectivity index is 0.00000361. The van der Waals surface area contributed by atoms with E-state index in [1.165, 1.54) is 0 Å². The first-order valence-electron chi connectivity index (χ1n) is 6.52. The van der Waals surface area contributed by atoms with Gasteiger partial charge in [-0.15, -0.1) is 12.4 Å². The molecule has 0 unspecified atom stereocenters. The van der Waals surface area contributed by atoms with Crippen molar-refractivity contribution in [3.63, 3.8) is 0 Å². The lowest BCUT2D eigenvalue weighted by Crippen LogP contribution is -2.26. The Labute approximate surface area is 135 Å². The van der Waals surface area contributed by atoms with Crippen LogP contribution in [0.25, 0.3) is 0 Å². The number of carbonyl (C=O) groups is 1. The third kappa shape index (κ3) is 9.18. The van der Waals surface area contributed by atoms with Crippen molar-refractivity contribution >= 4 is 34.2 Å². The molecule has 1 aromatic rings. The van der Waals surface area contributed by atoms with Gasteiger partial charge in [0.25, 0.3) is 0 Å². The molecule has 0 saturated carbocycles. The van der Waals surface area contributed by atoms with Gasteiger partial charge >= 0.3 is 0 Å². The fraction of sp³-hybridized carbons (Fsp3) is 0.500. The largest absolute Gasteiger partial charge is 0.494 e. The number of benzene rings is 1. The average molecular weight is 366 g/mol. The number of halogens is 2. The second-order valence-electron chi connectivity index (χ2n) is 4.22. The summed E-state index contributed by atoms with van der Waals surface area (Å²) in [6, 6.07) is 7.69. The zero-order chi connectivity index (χ0) is 13.9. The monoisotopic (exact) mass is 364 g/mol. The van der Waals surface area contributed by atoms with Crippen LogP contribution in [-0.4, -0.2) is 32.7 Å². The summed E-state index contributed by atoms with van der Waals surface area (Å²) in [5, 5.41) is 5.92. The molecule has 0 atom stereocenters. The van der Waals surface area contributed by atoms with E-state index >= 15 is 0 Å². The highest BCUT2D eigenvalue weighted by Crippen LogP contribution is 2.17. The molecule has 0 aliphatic heterocycles. The third-order valence-corrected chi connectivity index (χ3v) is 3.03. The van der Waals surface area contributed by atoms with Crippen molar-refractivity contribution in [2.45, 2.75) is 19.3 Å². The minimum atomic E-state index is 0. The van der Waals surface area contributed by atoms with E-state index in [-0.39, 0.29) is 18.3 Å². The smallest absolute Gasteiger partial charge is 0.220 e. The van der Waals surface area contributed by atoms with Crippen LogP contribution in [0.4, 0.5) is 0 Å². The van der Waals surface area contributed by atoms with Crippen molar-refractivity contribution in [2.24, 2.45) is 0 Å². The number of amides is 1. The van der Waals surface area contributed by atoms with Gasteiger partial charge in [0.05, 0.1) is 6.61 Å². The maximum absolute atomic E-state index is 11.5. The highest BCUT2D eigenvalue weighted by molar-refractivity contribution is 9.10. The Morgan fingerprint density at radius 3 is 2.80 bits per heavy atom. The van der Waals surface area contributed by atoms with E-state index in [9.17, 15) is 4.79 Å². The molecule has 0 radical (unpaired) electrons. The first-order valence-corrected chi connectivity index (χ1v) is 7.31. The molecule has 1 aromatic carbocycles. The Bertz CT molecular complexity index is 391. The second kappa shape index (κ2) is 12.0. The number of ether oxygens (including phenoxy) is 1. The minimum Gasteiger partial charge on any atom is -0.494 e. The molecular formula is C14H22BrClN2O2. The summed E-state index contributed by atoms with van der Waals surface area (Å²) in [4.78, 5) is 11.5. The molecule has 0 aliphatic carbocycles. The zero-order valence-electron chi connectivity index (χ0n) is 11.7. The van der Waals surface area contributed by atoms with Crippen LogP contribution in [0.1, 0.15) is 19.3 Å². The summed E-state index contributed by atoms with van der Waals surface area (Å²) in [6.45, 7) is 2.21. The number of hydrogen-bond acceptors (Lipinski definition) is 3. The van der Waals surface area contributed by atoms with E-state index < -0.39 is 0 Å². The molecule has 0 spiro atoms. The Hall–Kier alpha value is -0.780. The van der Waals surface area contributed by atoms with E-state index in [4.69, 9.17) is 4.74 Å². The van der Waals surface area contributed by atoms with Crippen LogP contribution >= 0.6 is 28.3 Å². The van der Waals surface area contributed by atoms with Crippen molar-refractivity contribution in [3.05, 3.63) is 28.7 Å². The summed E-state index contributed by atoms with van der Waals surface area (Å²) in [6.07, 6.45) is 2.19. The molecule has 0 heterocycles. The van der Waals surface area contributed by atoms with Crippen molar-refractivity contribution < 1.29 is 9.53 Å². The maximum atomic E-state index is 11.5. The van der Waals surface area contributed by atoms with Crippen LogP contribution in [0.15, 0.2) is 28.7 Å². The number of hydrogen-bond donors (Lipinski definition) is 2. The van der Waals surface area contributed by atoms with Crippen LogP contribution in [0.2, 0.25) is 0 Å². The molecule has 0 fully saturated rings. The van der Waals surface area contributed by atoms with Gasteiger partial charge in [0, 0.05) is 17.4 Å². The molecule has 0 aliphatic rings. The summed E-state index contributed by atoms with van der Waals surface area (Å²) in [5.74, 6) is 0.915. The number of nitrogens with one attached hydrogen (secondary N) is 2. The predicted molar refractivity (Wildman–Crippen MR) is 87.7 cm³/mol. The van der Waals surface area contributed by atoms with E-state index in [0.29, 0.717) is 13.0 Å². The molecule has 6 heteroatoms. The lowest BCUT2D eigenvalue weighted by atomic mass is 10.3. The molecular weight excluding hydrogens is 344 g/mol. The maximum Gasteiger partial charge on any atom is 0.220 e. The molecule has 114 valence electrons. The highest BCUT2D eigenvalue weighted by atomic mass is 79.9. The fourth-order valence-corrected chi connectivity index (χ4v) is 1.94. The minimum absolute atomic E-state index is 0. The Kier molecular flexibility index (Phi) is 11.5. The Morgan fingerprint density at radius 2 is 2.10 bits per heavy atom. The lowest BCUT2D eigenvalue weighted by molar-refractivity contribution is -0.121. The lowest BCUT2D eigenvalue weighted by Gasteiger charge is -2.07. The summed E-state index contributed by atoms with van der Waals surface area (Å²) < 4.78 is 6.55. The molecule has 0 saturated heterocycles. The van der Waals surface area contributed by atoms with E-state index in [0.717, 1.165) is 36.2 Å². The summed E-state index contributed by atoms with van der Waals surface area (Å²) in [7, 11) is 1.90. The number of carbonyl (C=O) groups excluding carboxylic acids is 1. The fourth-order valence-electron chi connectivity index (χ4n) is 1.56. The van der Waals surface area contributed by atoms with Crippen molar-refractivity contribution in [3.8, 4) is 5.75 Å². The van der Waals surface area contributed by atoms with Crippen LogP contribution in [0.3, 0.4) is 0 Å². The van der Waals surface area contributed by atoms with Gasteiger partial charge in [-0.1, -0.05) is 22.0 Å². The van der Waals surface area contributed by atoms with Gasteiger partial charge < -0.3 is 15.4 Å². The summed E-state index contributed by atoms with van der Waals surface area (Å²) in [5.41, 5.74) is 0. The zero-order valence-corrected chi connectivity index (χ0v) is 14.1. The van der Waals surface area contributed by atoms with E-state index in [2.05, 4.69) is 26.6 Å². The molecule has 1 amide bonds. The van der Waals surface area contributed by atoms with Crippen molar-refractivity contribution in [1.82, 2.24) is 10.6 Å². The van der Waals surface area contributed by atoms with Gasteiger partial charge in [0.2, 0.25) is 5.91 Å². The predicted octanol–water partition coefficient (Wildman–Crippen LogP) is 2.76. The van der Waals surface area contributed by atoms with E-state index in [1.807, 2.05) is 31.3 Å². The van der Waals surface area contributed by atoms with Crippen molar-refractivity contribution in [1.29, 1.82) is 0 Å². The van der Waals surface area contributed by atoms with Gasteiger partial charge in [0.1, 0.15) is 5.75 Å². The molecule has 0 bridgehead atoms. The standard InChI is InChI=1S/C14H21BrN2O2.ClH/c1-16-8-4-9-17-14(18)7-3-10-19-13-6-2-5-12(15)11-13;/h2,5-6,11,16H,3-4,7-10H2,1H3,(H,17,18);1H. The van der Waals surface area contributed by atoms with Gasteiger partial charge in [-0.25, -0.2) is 0 Å². The molecule has 1 rings (SSSR count). The topological polar surface area (TPSA) is 50.4 Å². The quantitative estimate of drug-likeness (QED) is 0.662.